The number of carboxylic acid groups (broad SMARTS) is 1. The van der Waals surface area contributed by atoms with E-state index in [2.05, 4.69) is 12.2 Å². The Kier molecular flexibility index (Phi) is 3.28. The third kappa shape index (κ3) is 2.44. The first-order valence-corrected chi connectivity index (χ1v) is 4.65. The van der Waals surface area contributed by atoms with Crippen molar-refractivity contribution in [1.29, 1.82) is 0 Å². The van der Waals surface area contributed by atoms with Gasteiger partial charge < -0.3 is 10.4 Å². The molecule has 2 N–H and O–H groups in total. The summed E-state index contributed by atoms with van der Waals surface area (Å²) < 4.78 is 0. The van der Waals surface area contributed by atoms with E-state index in [1.165, 1.54) is 0 Å². The van der Waals surface area contributed by atoms with Crippen LogP contribution in [0.4, 0.5) is 0 Å². The zero-order valence-corrected chi connectivity index (χ0v) is 7.75. The van der Waals surface area contributed by atoms with Gasteiger partial charge in [0.05, 0.1) is 0 Å². The van der Waals surface area contributed by atoms with E-state index in [9.17, 15) is 9.59 Å². The summed E-state index contributed by atoms with van der Waals surface area (Å²) in [5.41, 5.74) is 0. The fraction of sp³-hybridized carbons (Fsp3) is 0.778. The first-order chi connectivity index (χ1) is 6.15. The second-order valence-electron chi connectivity index (χ2n) is 3.53. The van der Waals surface area contributed by atoms with Crippen molar-refractivity contribution in [3.63, 3.8) is 0 Å². The van der Waals surface area contributed by atoms with Crippen LogP contribution in [0.3, 0.4) is 0 Å². The monoisotopic (exact) mass is 185 g/mol. The fourth-order valence-electron chi connectivity index (χ4n) is 1.73. The molecule has 0 radical (unpaired) electrons. The van der Waals surface area contributed by atoms with Gasteiger partial charge in [0, 0.05) is 6.54 Å². The lowest BCUT2D eigenvalue weighted by Crippen LogP contribution is -2.44. The molecule has 0 spiro atoms. The Morgan fingerprint density at radius 2 is 2.38 bits per heavy atom. The highest BCUT2D eigenvalue weighted by atomic mass is 16.4. The van der Waals surface area contributed by atoms with Crippen LogP contribution in [0.5, 0.6) is 0 Å². The highest BCUT2D eigenvalue weighted by molar-refractivity contribution is 5.97. The molecule has 13 heavy (non-hydrogen) atoms. The number of nitrogens with one attached hydrogen (secondary N) is 1. The minimum absolute atomic E-state index is 0.333. The van der Waals surface area contributed by atoms with Gasteiger partial charge in [-0.2, -0.15) is 0 Å². The van der Waals surface area contributed by atoms with Crippen molar-refractivity contribution in [3.8, 4) is 0 Å². The van der Waals surface area contributed by atoms with E-state index in [0.717, 1.165) is 12.8 Å². The lowest BCUT2D eigenvalue weighted by atomic mass is 9.87. The SMILES string of the molecule is CCCC1CNC(=O)C(C(=O)O)C1. The molecule has 2 atom stereocenters. The van der Waals surface area contributed by atoms with E-state index < -0.39 is 11.9 Å². The van der Waals surface area contributed by atoms with Crippen LogP contribution in [0.15, 0.2) is 0 Å². The molecule has 2 unspecified atom stereocenters. The molecule has 1 aliphatic heterocycles. The molecule has 1 fully saturated rings. The minimum Gasteiger partial charge on any atom is -0.481 e. The van der Waals surface area contributed by atoms with Crippen molar-refractivity contribution < 1.29 is 14.7 Å². The normalized spacial score (nSPS) is 28.2. The van der Waals surface area contributed by atoms with Crippen molar-refractivity contribution in [3.05, 3.63) is 0 Å². The zero-order valence-electron chi connectivity index (χ0n) is 7.75. The Balaban J connectivity index is 2.52. The summed E-state index contributed by atoms with van der Waals surface area (Å²) in [5, 5.41) is 11.4. The van der Waals surface area contributed by atoms with Crippen molar-refractivity contribution in [2.24, 2.45) is 11.8 Å². The van der Waals surface area contributed by atoms with Crippen LogP contribution in [0.2, 0.25) is 0 Å². The maximum absolute atomic E-state index is 11.1. The number of carboxylic acids is 1. The number of amides is 1. The van der Waals surface area contributed by atoms with E-state index in [1.54, 1.807) is 0 Å². The molecule has 0 bridgehead atoms. The fourth-order valence-corrected chi connectivity index (χ4v) is 1.73. The van der Waals surface area contributed by atoms with E-state index in [4.69, 9.17) is 5.11 Å². The van der Waals surface area contributed by atoms with Gasteiger partial charge in [0.1, 0.15) is 5.92 Å². The first kappa shape index (κ1) is 10.0. The van der Waals surface area contributed by atoms with Gasteiger partial charge in [0.15, 0.2) is 0 Å². The van der Waals surface area contributed by atoms with Gasteiger partial charge in [0.25, 0.3) is 0 Å². The van der Waals surface area contributed by atoms with Crippen molar-refractivity contribution in [1.82, 2.24) is 5.32 Å². The lowest BCUT2D eigenvalue weighted by Gasteiger charge is -2.26. The molecule has 1 aliphatic rings. The Labute approximate surface area is 77.3 Å². The molecule has 4 heteroatoms. The van der Waals surface area contributed by atoms with Crippen LogP contribution in [0, 0.1) is 11.8 Å². The van der Waals surface area contributed by atoms with Crippen LogP contribution in [-0.2, 0) is 9.59 Å². The maximum atomic E-state index is 11.1. The van der Waals surface area contributed by atoms with Gasteiger partial charge in [-0.05, 0) is 18.8 Å². The average molecular weight is 185 g/mol. The van der Waals surface area contributed by atoms with Gasteiger partial charge in [-0.1, -0.05) is 13.3 Å². The van der Waals surface area contributed by atoms with Gasteiger partial charge in [-0.3, -0.25) is 9.59 Å². The zero-order chi connectivity index (χ0) is 9.84. The minimum atomic E-state index is -1.00. The molecule has 0 saturated carbocycles. The third-order valence-electron chi connectivity index (χ3n) is 2.45. The Hall–Kier alpha value is -1.06. The highest BCUT2D eigenvalue weighted by Crippen LogP contribution is 2.21. The number of aliphatic carboxylic acids is 1. The third-order valence-corrected chi connectivity index (χ3v) is 2.45. The number of carbonyl (C=O) groups is 2. The topological polar surface area (TPSA) is 66.4 Å². The molecule has 1 saturated heterocycles. The summed E-state index contributed by atoms with van der Waals surface area (Å²) in [6.07, 6.45) is 2.52. The summed E-state index contributed by atoms with van der Waals surface area (Å²) in [4.78, 5) is 21.7. The van der Waals surface area contributed by atoms with E-state index in [-0.39, 0.29) is 5.91 Å². The van der Waals surface area contributed by atoms with Gasteiger partial charge in [0.2, 0.25) is 5.91 Å². The smallest absolute Gasteiger partial charge is 0.316 e. The quantitative estimate of drug-likeness (QED) is 0.633. The van der Waals surface area contributed by atoms with Crippen LogP contribution in [-0.4, -0.2) is 23.5 Å². The number of hydrogen-bond donors (Lipinski definition) is 2. The molecule has 1 heterocycles. The molecule has 0 aromatic rings. The van der Waals surface area contributed by atoms with Gasteiger partial charge >= 0.3 is 5.97 Å². The van der Waals surface area contributed by atoms with E-state index >= 15 is 0 Å². The molecule has 4 nitrogen and oxygen atoms in total. The molecule has 74 valence electrons. The largest absolute Gasteiger partial charge is 0.481 e. The predicted octanol–water partition coefficient (Wildman–Crippen LogP) is 0.623. The lowest BCUT2D eigenvalue weighted by molar-refractivity contribution is -0.149. The van der Waals surface area contributed by atoms with Crippen LogP contribution in [0.25, 0.3) is 0 Å². The Morgan fingerprint density at radius 1 is 1.69 bits per heavy atom. The number of rotatable bonds is 3. The van der Waals surface area contributed by atoms with Crippen molar-refractivity contribution in [2.75, 3.05) is 6.54 Å². The summed E-state index contributed by atoms with van der Waals surface area (Å²) in [5.74, 6) is -1.83. The molecule has 0 aliphatic carbocycles. The average Bonchev–Trinajstić information content (AvgIpc) is 2.08. The predicted molar refractivity (Wildman–Crippen MR) is 47.2 cm³/mol. The molecular weight excluding hydrogens is 170 g/mol. The second-order valence-corrected chi connectivity index (χ2v) is 3.53. The van der Waals surface area contributed by atoms with Crippen LogP contribution >= 0.6 is 0 Å². The molecule has 0 aromatic heterocycles. The molecular formula is C9H15NO3. The number of carbonyl (C=O) groups excluding carboxylic acids is 1. The van der Waals surface area contributed by atoms with Crippen molar-refractivity contribution >= 4 is 11.9 Å². The molecule has 0 aromatic carbocycles. The summed E-state index contributed by atoms with van der Waals surface area (Å²) in [7, 11) is 0. The standard InChI is InChI=1S/C9H15NO3/c1-2-3-6-4-7(9(12)13)8(11)10-5-6/h6-7H,2-5H2,1H3,(H,10,11)(H,12,13). The number of hydrogen-bond acceptors (Lipinski definition) is 2. The molecule has 1 amide bonds. The first-order valence-electron chi connectivity index (χ1n) is 4.65. The summed E-state index contributed by atoms with van der Waals surface area (Å²) in [6.45, 7) is 2.70. The summed E-state index contributed by atoms with van der Waals surface area (Å²) in [6, 6.07) is 0. The van der Waals surface area contributed by atoms with Crippen molar-refractivity contribution in [2.45, 2.75) is 26.2 Å². The van der Waals surface area contributed by atoms with Gasteiger partial charge in [-0.25, -0.2) is 0 Å². The Bertz CT molecular complexity index is 215. The highest BCUT2D eigenvalue weighted by Gasteiger charge is 2.33. The maximum Gasteiger partial charge on any atom is 0.316 e. The number of piperidine rings is 1. The van der Waals surface area contributed by atoms with Crippen LogP contribution in [0.1, 0.15) is 26.2 Å². The molecule has 1 rings (SSSR count). The van der Waals surface area contributed by atoms with E-state index in [1.807, 2.05) is 0 Å². The Morgan fingerprint density at radius 3 is 2.92 bits per heavy atom. The van der Waals surface area contributed by atoms with Crippen LogP contribution < -0.4 is 5.32 Å². The van der Waals surface area contributed by atoms with Gasteiger partial charge in [-0.15, -0.1) is 0 Å². The van der Waals surface area contributed by atoms with E-state index in [0.29, 0.717) is 18.9 Å². The summed E-state index contributed by atoms with van der Waals surface area (Å²) >= 11 is 0. The second kappa shape index (κ2) is 4.25.